The molecule has 1 heterocycles. The molecule has 1 fully saturated rings. The van der Waals surface area contributed by atoms with Crippen molar-refractivity contribution in [3.05, 3.63) is 0 Å². The molecule has 5 N–H and O–H groups in total. The Morgan fingerprint density at radius 3 is 2.68 bits per heavy atom. The number of rotatable bonds is 6. The highest BCUT2D eigenvalue weighted by Crippen LogP contribution is 2.31. The summed E-state index contributed by atoms with van der Waals surface area (Å²) in [6.45, 7) is 11.6. The minimum Gasteiger partial charge on any atom is -0.317 e. The van der Waals surface area contributed by atoms with E-state index in [1.807, 2.05) is 6.92 Å². The van der Waals surface area contributed by atoms with Gasteiger partial charge in [-0.2, -0.15) is 0 Å². The van der Waals surface area contributed by atoms with E-state index in [4.69, 9.17) is 5.73 Å². The number of nitrogens with one attached hydrogen (secondary N) is 3. The Morgan fingerprint density at radius 2 is 2.11 bits per heavy atom. The molecule has 5 heteroatoms. The van der Waals surface area contributed by atoms with E-state index < -0.39 is 5.54 Å². The van der Waals surface area contributed by atoms with Crippen LogP contribution in [0, 0.1) is 17.8 Å². The van der Waals surface area contributed by atoms with Crippen LogP contribution in [0.3, 0.4) is 0 Å². The van der Waals surface area contributed by atoms with Gasteiger partial charge in [0.1, 0.15) is 6.67 Å². The number of halogens is 1. The lowest BCUT2D eigenvalue weighted by atomic mass is 9.73. The Hall–Kier alpha value is -0.230. The van der Waals surface area contributed by atoms with Crippen molar-refractivity contribution >= 4 is 0 Å². The van der Waals surface area contributed by atoms with Crippen LogP contribution in [0.2, 0.25) is 0 Å². The molecule has 4 nitrogen and oxygen atoms in total. The third-order valence-corrected chi connectivity index (χ3v) is 4.59. The standard InChI is InChI=1S/C14H31FN4/c1-5-17-6-10(2)11(3)12-7-18-8-13(16)19-14(12,4)9-15/h10-13,17-19H,5-9,16H2,1-4H3/t10-,11+,12+,13?,14-/m0/s1. The van der Waals surface area contributed by atoms with Gasteiger partial charge in [-0.1, -0.05) is 20.8 Å². The molecule has 1 unspecified atom stereocenters. The van der Waals surface area contributed by atoms with E-state index in [0.717, 1.165) is 19.6 Å². The molecule has 0 bridgehead atoms. The van der Waals surface area contributed by atoms with Crippen molar-refractivity contribution in [2.45, 2.75) is 39.4 Å². The summed E-state index contributed by atoms with van der Waals surface area (Å²) in [5.41, 5.74) is 5.41. The first-order valence-corrected chi connectivity index (χ1v) is 7.45. The van der Waals surface area contributed by atoms with Gasteiger partial charge in [0, 0.05) is 18.6 Å². The maximum absolute atomic E-state index is 13.6. The van der Waals surface area contributed by atoms with E-state index in [2.05, 4.69) is 36.7 Å². The predicted molar refractivity (Wildman–Crippen MR) is 78.7 cm³/mol. The van der Waals surface area contributed by atoms with E-state index in [0.29, 0.717) is 18.4 Å². The second-order valence-corrected chi connectivity index (χ2v) is 6.21. The summed E-state index contributed by atoms with van der Waals surface area (Å²) in [4.78, 5) is 0. The van der Waals surface area contributed by atoms with Gasteiger partial charge < -0.3 is 16.4 Å². The van der Waals surface area contributed by atoms with Crippen molar-refractivity contribution in [1.29, 1.82) is 0 Å². The molecule has 114 valence electrons. The second-order valence-electron chi connectivity index (χ2n) is 6.21. The van der Waals surface area contributed by atoms with Crippen LogP contribution in [0.1, 0.15) is 27.7 Å². The Bertz CT molecular complexity index is 264. The van der Waals surface area contributed by atoms with Gasteiger partial charge in [0.15, 0.2) is 0 Å². The zero-order valence-corrected chi connectivity index (χ0v) is 12.8. The highest BCUT2D eigenvalue weighted by molar-refractivity contribution is 4.98. The van der Waals surface area contributed by atoms with Crippen LogP contribution in [-0.4, -0.2) is 44.6 Å². The number of hydrogen-bond donors (Lipinski definition) is 4. The second kappa shape index (κ2) is 7.53. The van der Waals surface area contributed by atoms with Crippen LogP contribution in [-0.2, 0) is 0 Å². The first-order chi connectivity index (χ1) is 8.94. The number of hydrogen-bond acceptors (Lipinski definition) is 4. The number of nitrogens with two attached hydrogens (primary N) is 1. The molecule has 0 radical (unpaired) electrons. The average molecular weight is 274 g/mol. The maximum Gasteiger partial charge on any atom is 0.108 e. The summed E-state index contributed by atoms with van der Waals surface area (Å²) in [6.07, 6.45) is -0.179. The molecule has 1 saturated heterocycles. The third kappa shape index (κ3) is 4.38. The number of alkyl halides is 1. The lowest BCUT2D eigenvalue weighted by molar-refractivity contribution is 0.109. The van der Waals surface area contributed by atoms with E-state index in [1.165, 1.54) is 0 Å². The van der Waals surface area contributed by atoms with Crippen molar-refractivity contribution in [3.8, 4) is 0 Å². The third-order valence-electron chi connectivity index (χ3n) is 4.59. The quantitative estimate of drug-likeness (QED) is 0.575. The predicted octanol–water partition coefficient (Wildman–Crippen LogP) is 0.690. The Balaban J connectivity index is 2.75. The zero-order chi connectivity index (χ0) is 14.5. The molecule has 0 aromatic carbocycles. The van der Waals surface area contributed by atoms with Crippen LogP contribution in [0.4, 0.5) is 4.39 Å². The van der Waals surface area contributed by atoms with Crippen molar-refractivity contribution in [2.75, 3.05) is 32.9 Å². The summed E-state index contributed by atoms with van der Waals surface area (Å²) in [5, 5.41) is 10.00. The molecular formula is C14H31FN4. The van der Waals surface area contributed by atoms with Crippen molar-refractivity contribution in [2.24, 2.45) is 23.5 Å². The fourth-order valence-electron chi connectivity index (χ4n) is 3.06. The van der Waals surface area contributed by atoms with E-state index >= 15 is 0 Å². The molecule has 0 aromatic heterocycles. The van der Waals surface area contributed by atoms with Gasteiger partial charge >= 0.3 is 0 Å². The van der Waals surface area contributed by atoms with Crippen molar-refractivity contribution < 1.29 is 4.39 Å². The fraction of sp³-hybridized carbons (Fsp3) is 1.00. The average Bonchev–Trinajstić information content (AvgIpc) is 2.54. The smallest absolute Gasteiger partial charge is 0.108 e. The summed E-state index contributed by atoms with van der Waals surface area (Å²) < 4.78 is 13.6. The summed E-state index contributed by atoms with van der Waals surface area (Å²) in [5.74, 6) is 1.17. The molecule has 1 aliphatic rings. The molecule has 19 heavy (non-hydrogen) atoms. The first-order valence-electron chi connectivity index (χ1n) is 7.45. The van der Waals surface area contributed by atoms with Gasteiger partial charge in [0.25, 0.3) is 0 Å². The lowest BCUT2D eigenvalue weighted by Crippen LogP contribution is -2.59. The summed E-state index contributed by atoms with van der Waals surface area (Å²) in [6, 6.07) is 0. The van der Waals surface area contributed by atoms with Gasteiger partial charge in [-0.3, -0.25) is 5.32 Å². The maximum atomic E-state index is 13.6. The van der Waals surface area contributed by atoms with Gasteiger partial charge in [0.2, 0.25) is 0 Å². The minimum atomic E-state index is -0.539. The van der Waals surface area contributed by atoms with Gasteiger partial charge in [-0.15, -0.1) is 0 Å². The zero-order valence-electron chi connectivity index (χ0n) is 12.8. The summed E-state index contributed by atoms with van der Waals surface area (Å²) >= 11 is 0. The molecule has 0 amide bonds. The van der Waals surface area contributed by atoms with E-state index in [-0.39, 0.29) is 18.8 Å². The van der Waals surface area contributed by atoms with E-state index in [9.17, 15) is 4.39 Å². The molecule has 0 aliphatic carbocycles. The fourth-order valence-corrected chi connectivity index (χ4v) is 3.06. The Labute approximate surface area is 117 Å². The Morgan fingerprint density at radius 1 is 1.42 bits per heavy atom. The van der Waals surface area contributed by atoms with Crippen molar-refractivity contribution in [3.63, 3.8) is 0 Å². The first kappa shape index (κ1) is 16.8. The van der Waals surface area contributed by atoms with Crippen LogP contribution < -0.4 is 21.7 Å². The molecule has 5 atom stereocenters. The monoisotopic (exact) mass is 274 g/mol. The summed E-state index contributed by atoms with van der Waals surface area (Å²) in [7, 11) is 0. The Kier molecular flexibility index (Phi) is 6.66. The molecule has 0 spiro atoms. The van der Waals surface area contributed by atoms with Gasteiger partial charge in [-0.25, -0.2) is 4.39 Å². The topological polar surface area (TPSA) is 62.1 Å². The minimum absolute atomic E-state index is 0.179. The SMILES string of the molecule is CCNC[C@H](C)[C@@H](C)[C@H]1CNCC(N)N[C@@]1(C)CF. The highest BCUT2D eigenvalue weighted by Gasteiger charge is 2.41. The van der Waals surface area contributed by atoms with E-state index in [1.54, 1.807) is 0 Å². The molecule has 1 aliphatic heterocycles. The van der Waals surface area contributed by atoms with Crippen LogP contribution in [0.5, 0.6) is 0 Å². The van der Waals surface area contributed by atoms with Crippen molar-refractivity contribution in [1.82, 2.24) is 16.0 Å². The molecule has 1 rings (SSSR count). The molecule has 0 aromatic rings. The van der Waals surface area contributed by atoms with Crippen LogP contribution >= 0.6 is 0 Å². The van der Waals surface area contributed by atoms with Gasteiger partial charge in [-0.05, 0) is 37.8 Å². The van der Waals surface area contributed by atoms with Crippen LogP contribution in [0.15, 0.2) is 0 Å². The highest BCUT2D eigenvalue weighted by atomic mass is 19.1. The largest absolute Gasteiger partial charge is 0.317 e. The molecular weight excluding hydrogens is 243 g/mol. The lowest BCUT2D eigenvalue weighted by Gasteiger charge is -2.41. The normalized spacial score (nSPS) is 35.7. The van der Waals surface area contributed by atoms with Gasteiger partial charge in [0.05, 0.1) is 6.17 Å². The van der Waals surface area contributed by atoms with Crippen LogP contribution in [0.25, 0.3) is 0 Å². The molecule has 0 saturated carbocycles.